The predicted molar refractivity (Wildman–Crippen MR) is 42.1 cm³/mol. The van der Waals surface area contributed by atoms with Crippen LogP contribution >= 0.6 is 15.9 Å². The molecule has 0 aromatic heterocycles. The molecule has 1 rings (SSSR count). The molecular formula is C7H11BrO2. The van der Waals surface area contributed by atoms with Crippen LogP contribution in [0.15, 0.2) is 0 Å². The lowest BCUT2D eigenvalue weighted by atomic mass is 10.3. The highest BCUT2D eigenvalue weighted by molar-refractivity contribution is 9.10. The Bertz CT molecular complexity index is 132. The highest BCUT2D eigenvalue weighted by Gasteiger charge is 2.34. The molecule has 0 radical (unpaired) electrons. The van der Waals surface area contributed by atoms with Gasteiger partial charge in [0.05, 0.1) is 6.61 Å². The molecule has 1 aliphatic rings. The summed E-state index contributed by atoms with van der Waals surface area (Å²) in [6.07, 6.45) is 2.32. The zero-order valence-corrected chi connectivity index (χ0v) is 7.56. The van der Waals surface area contributed by atoms with Crippen LogP contribution in [0.4, 0.5) is 0 Å². The second kappa shape index (κ2) is 3.37. The number of alkyl halides is 1. The molecule has 1 fully saturated rings. The third-order valence-electron chi connectivity index (χ3n) is 1.55. The van der Waals surface area contributed by atoms with E-state index in [-0.39, 0.29) is 10.8 Å². The SMILES string of the molecule is CCOC(=O)[C@H](Br)C1CC1. The maximum absolute atomic E-state index is 11.0. The third kappa shape index (κ3) is 1.97. The van der Waals surface area contributed by atoms with Crippen molar-refractivity contribution in [3.05, 3.63) is 0 Å². The van der Waals surface area contributed by atoms with E-state index in [1.165, 1.54) is 0 Å². The fraction of sp³-hybridized carbons (Fsp3) is 0.857. The Kier molecular flexibility index (Phi) is 2.72. The van der Waals surface area contributed by atoms with E-state index >= 15 is 0 Å². The summed E-state index contributed by atoms with van der Waals surface area (Å²) in [5.41, 5.74) is 0. The van der Waals surface area contributed by atoms with Gasteiger partial charge in [-0.1, -0.05) is 15.9 Å². The molecule has 3 heteroatoms. The van der Waals surface area contributed by atoms with E-state index in [2.05, 4.69) is 15.9 Å². The lowest BCUT2D eigenvalue weighted by molar-refractivity contribution is -0.142. The quantitative estimate of drug-likeness (QED) is 0.520. The van der Waals surface area contributed by atoms with Crippen LogP contribution in [-0.4, -0.2) is 17.4 Å². The Hall–Kier alpha value is -0.0500. The minimum atomic E-state index is -0.106. The molecule has 0 aromatic carbocycles. The fourth-order valence-corrected chi connectivity index (χ4v) is 1.46. The van der Waals surface area contributed by atoms with Crippen LogP contribution in [0.1, 0.15) is 19.8 Å². The van der Waals surface area contributed by atoms with Gasteiger partial charge in [-0.05, 0) is 25.7 Å². The summed E-state index contributed by atoms with van der Waals surface area (Å²) < 4.78 is 4.82. The molecule has 0 saturated heterocycles. The van der Waals surface area contributed by atoms with Crippen LogP contribution in [0.3, 0.4) is 0 Å². The zero-order chi connectivity index (χ0) is 7.56. The number of carbonyl (C=O) groups excluding carboxylic acids is 1. The molecule has 58 valence electrons. The van der Waals surface area contributed by atoms with Crippen LogP contribution in [0, 0.1) is 5.92 Å². The van der Waals surface area contributed by atoms with Crippen LogP contribution < -0.4 is 0 Å². The second-order valence-corrected chi connectivity index (χ2v) is 3.48. The normalized spacial score (nSPS) is 20.2. The van der Waals surface area contributed by atoms with Crippen LogP contribution in [-0.2, 0) is 9.53 Å². The smallest absolute Gasteiger partial charge is 0.319 e. The molecule has 10 heavy (non-hydrogen) atoms. The van der Waals surface area contributed by atoms with Gasteiger partial charge in [-0.3, -0.25) is 4.79 Å². The molecule has 0 heterocycles. The minimum absolute atomic E-state index is 0.0487. The van der Waals surface area contributed by atoms with Gasteiger partial charge < -0.3 is 4.74 Å². The van der Waals surface area contributed by atoms with Crippen molar-refractivity contribution in [1.29, 1.82) is 0 Å². The monoisotopic (exact) mass is 206 g/mol. The first kappa shape index (κ1) is 8.05. The molecule has 0 unspecified atom stereocenters. The van der Waals surface area contributed by atoms with Crippen molar-refractivity contribution in [3.8, 4) is 0 Å². The second-order valence-electron chi connectivity index (χ2n) is 2.49. The predicted octanol–water partition coefficient (Wildman–Crippen LogP) is 1.72. The van der Waals surface area contributed by atoms with Crippen LogP contribution in [0.2, 0.25) is 0 Å². The first-order valence-electron chi connectivity index (χ1n) is 3.56. The van der Waals surface area contributed by atoms with E-state index < -0.39 is 0 Å². The van der Waals surface area contributed by atoms with E-state index in [0.717, 1.165) is 12.8 Å². The molecule has 1 aliphatic carbocycles. The molecule has 0 bridgehead atoms. The number of hydrogen-bond donors (Lipinski definition) is 0. The summed E-state index contributed by atoms with van der Waals surface area (Å²) in [4.78, 5) is 10.9. The molecule has 0 N–H and O–H groups in total. The van der Waals surface area contributed by atoms with Crippen molar-refractivity contribution in [3.63, 3.8) is 0 Å². The molecule has 0 amide bonds. The maximum Gasteiger partial charge on any atom is 0.319 e. The maximum atomic E-state index is 11.0. The average Bonchev–Trinajstić information content (AvgIpc) is 2.68. The molecule has 1 atom stereocenters. The summed E-state index contributed by atoms with van der Waals surface area (Å²) in [7, 11) is 0. The minimum Gasteiger partial charge on any atom is -0.465 e. The first-order chi connectivity index (χ1) is 4.75. The highest BCUT2D eigenvalue weighted by atomic mass is 79.9. The number of rotatable bonds is 3. The lowest BCUT2D eigenvalue weighted by Gasteiger charge is -2.05. The summed E-state index contributed by atoms with van der Waals surface area (Å²) in [6, 6.07) is 0. The molecule has 2 nitrogen and oxygen atoms in total. The van der Waals surface area contributed by atoms with Gasteiger partial charge in [0.1, 0.15) is 4.83 Å². The van der Waals surface area contributed by atoms with Crippen LogP contribution in [0.5, 0.6) is 0 Å². The van der Waals surface area contributed by atoms with E-state index in [0.29, 0.717) is 12.5 Å². The van der Waals surface area contributed by atoms with Gasteiger partial charge in [0.2, 0.25) is 0 Å². The molecule has 0 aromatic rings. The Balaban J connectivity index is 2.24. The molecule has 1 saturated carbocycles. The summed E-state index contributed by atoms with van der Waals surface area (Å²) in [6.45, 7) is 2.30. The van der Waals surface area contributed by atoms with E-state index in [1.807, 2.05) is 6.92 Å². The standard InChI is InChI=1S/C7H11BrO2/c1-2-10-7(9)6(8)5-3-4-5/h5-6H,2-4H2,1H3/t6-/m1/s1. The molecule has 0 aliphatic heterocycles. The fourth-order valence-electron chi connectivity index (χ4n) is 0.803. The Morgan fingerprint density at radius 3 is 2.80 bits per heavy atom. The van der Waals surface area contributed by atoms with Gasteiger partial charge in [0.15, 0.2) is 0 Å². The summed E-state index contributed by atoms with van der Waals surface area (Å²) >= 11 is 3.30. The number of carbonyl (C=O) groups is 1. The molecular weight excluding hydrogens is 196 g/mol. The van der Waals surface area contributed by atoms with Gasteiger partial charge in [-0.15, -0.1) is 0 Å². The number of halogens is 1. The first-order valence-corrected chi connectivity index (χ1v) is 4.48. The van der Waals surface area contributed by atoms with E-state index in [1.54, 1.807) is 0 Å². The average molecular weight is 207 g/mol. The topological polar surface area (TPSA) is 26.3 Å². The van der Waals surface area contributed by atoms with Crippen molar-refractivity contribution in [1.82, 2.24) is 0 Å². The Morgan fingerprint density at radius 2 is 2.40 bits per heavy atom. The zero-order valence-electron chi connectivity index (χ0n) is 5.97. The van der Waals surface area contributed by atoms with Gasteiger partial charge in [0.25, 0.3) is 0 Å². The van der Waals surface area contributed by atoms with Gasteiger partial charge in [0, 0.05) is 0 Å². The lowest BCUT2D eigenvalue weighted by Crippen LogP contribution is -2.18. The van der Waals surface area contributed by atoms with Gasteiger partial charge in [-0.2, -0.15) is 0 Å². The Labute approximate surface area is 69.1 Å². The van der Waals surface area contributed by atoms with Crippen molar-refractivity contribution in [2.45, 2.75) is 24.6 Å². The summed E-state index contributed by atoms with van der Waals surface area (Å²) in [5.74, 6) is 0.434. The van der Waals surface area contributed by atoms with Crippen molar-refractivity contribution in [2.75, 3.05) is 6.61 Å². The van der Waals surface area contributed by atoms with Crippen molar-refractivity contribution >= 4 is 21.9 Å². The largest absolute Gasteiger partial charge is 0.465 e. The van der Waals surface area contributed by atoms with Crippen molar-refractivity contribution in [2.24, 2.45) is 5.92 Å². The molecule has 0 spiro atoms. The Morgan fingerprint density at radius 1 is 1.80 bits per heavy atom. The number of esters is 1. The number of hydrogen-bond acceptors (Lipinski definition) is 2. The van der Waals surface area contributed by atoms with Crippen LogP contribution in [0.25, 0.3) is 0 Å². The van der Waals surface area contributed by atoms with Gasteiger partial charge in [-0.25, -0.2) is 0 Å². The highest BCUT2D eigenvalue weighted by Crippen LogP contribution is 2.37. The van der Waals surface area contributed by atoms with Gasteiger partial charge >= 0.3 is 5.97 Å². The van der Waals surface area contributed by atoms with E-state index in [9.17, 15) is 4.79 Å². The third-order valence-corrected chi connectivity index (χ3v) is 2.67. The van der Waals surface area contributed by atoms with E-state index in [4.69, 9.17) is 4.74 Å². The van der Waals surface area contributed by atoms with Crippen molar-refractivity contribution < 1.29 is 9.53 Å². The number of ether oxygens (including phenoxy) is 1. The summed E-state index contributed by atoms with van der Waals surface area (Å²) in [5, 5.41) is 0.